The Balaban J connectivity index is 2.02. The number of aliphatic hydroxyl groups excluding tert-OH is 1. The molecule has 1 saturated heterocycles. The lowest BCUT2D eigenvalue weighted by Crippen LogP contribution is -2.75. The second-order valence-corrected chi connectivity index (χ2v) is 14.0. The van der Waals surface area contributed by atoms with E-state index in [1.807, 2.05) is 13.8 Å². The molecule has 0 aromatic carbocycles. The zero-order valence-corrected chi connectivity index (χ0v) is 24.1. The van der Waals surface area contributed by atoms with E-state index in [1.165, 1.54) is 6.92 Å². The Hall–Kier alpha value is -1.00. The molecule has 1 saturated carbocycles. The van der Waals surface area contributed by atoms with Crippen LogP contribution in [0.4, 0.5) is 0 Å². The van der Waals surface area contributed by atoms with Gasteiger partial charge in [0.2, 0.25) is 0 Å². The molecule has 206 valence electrons. The van der Waals surface area contributed by atoms with Gasteiger partial charge in [-0.1, -0.05) is 13.8 Å². The average Bonchev–Trinajstić information content (AvgIpc) is 2.79. The molecule has 0 amide bonds. The SMILES string of the molecule is CC1=C(O)C2=C(C(=O)[C@]3(C[C@H]4C(C)(C)[C@@H](Cl)CC[C@]4(C)O)OC(C)(C)[C@H](Cl)C[C@]3(Cl)C2=O)C(NN)C1=O. The van der Waals surface area contributed by atoms with Crippen molar-refractivity contribution in [1.82, 2.24) is 5.43 Å². The Morgan fingerprint density at radius 3 is 2.24 bits per heavy atom. The van der Waals surface area contributed by atoms with Gasteiger partial charge in [-0.2, -0.15) is 0 Å². The molecule has 11 heteroatoms. The Morgan fingerprint density at radius 1 is 1.08 bits per heavy atom. The van der Waals surface area contributed by atoms with Crippen LogP contribution in [0, 0.1) is 11.3 Å². The summed E-state index contributed by atoms with van der Waals surface area (Å²) in [6, 6.07) is -1.39. The van der Waals surface area contributed by atoms with Crippen LogP contribution in [0.3, 0.4) is 0 Å². The van der Waals surface area contributed by atoms with E-state index in [-0.39, 0.29) is 34.9 Å². The quantitative estimate of drug-likeness (QED) is 0.227. The molecule has 0 radical (unpaired) electrons. The molecule has 0 aromatic heterocycles. The third kappa shape index (κ3) is 3.81. The second-order valence-electron chi connectivity index (χ2n) is 12.3. The molecule has 0 spiro atoms. The molecule has 2 fully saturated rings. The number of hydrogen-bond acceptors (Lipinski definition) is 8. The van der Waals surface area contributed by atoms with E-state index in [4.69, 9.17) is 45.4 Å². The zero-order chi connectivity index (χ0) is 28.1. The molecule has 1 unspecified atom stereocenters. The molecule has 4 aliphatic rings. The van der Waals surface area contributed by atoms with Crippen molar-refractivity contribution in [2.75, 3.05) is 0 Å². The number of halogens is 3. The van der Waals surface area contributed by atoms with Crippen molar-refractivity contribution >= 4 is 52.2 Å². The number of rotatable bonds is 3. The lowest BCUT2D eigenvalue weighted by molar-refractivity contribution is -0.215. The van der Waals surface area contributed by atoms with Crippen molar-refractivity contribution in [2.45, 2.75) is 106 Å². The number of allylic oxidation sites excluding steroid dienone is 1. The second kappa shape index (κ2) is 8.75. The topological polar surface area (TPSA) is 139 Å². The van der Waals surface area contributed by atoms with E-state index < -0.39 is 67.5 Å². The van der Waals surface area contributed by atoms with Crippen molar-refractivity contribution in [3.63, 3.8) is 0 Å². The highest BCUT2D eigenvalue weighted by molar-refractivity contribution is 6.46. The average molecular weight is 578 g/mol. The highest BCUT2D eigenvalue weighted by Gasteiger charge is 2.73. The molecule has 8 nitrogen and oxygen atoms in total. The highest BCUT2D eigenvalue weighted by atomic mass is 35.5. The largest absolute Gasteiger partial charge is 0.507 e. The van der Waals surface area contributed by atoms with Gasteiger partial charge in [0.15, 0.2) is 23.0 Å². The molecule has 0 aromatic rings. The fourth-order valence-electron chi connectivity index (χ4n) is 6.78. The molecule has 1 aliphatic heterocycles. The zero-order valence-electron chi connectivity index (χ0n) is 21.9. The standard InChI is InChI=1S/C26H35Cl3N2O6/c1-11-18(32)16-15(17(31-30)19(11)33)21(35)26(9-12-22(2,3)13(27)7-8-24(12,6)36)25(29,20(16)34)10-14(28)23(4,5)37-26/h12-14,17,31-32,36H,7-10,30H2,1-6H3/t12-,13-,14+,17?,24-,25-,26-/m0/s1. The van der Waals surface area contributed by atoms with Gasteiger partial charge in [-0.3, -0.25) is 20.2 Å². The summed E-state index contributed by atoms with van der Waals surface area (Å²) in [5.41, 5.74) is -3.53. The maximum absolute atomic E-state index is 14.6. The number of hydrazine groups is 1. The minimum atomic E-state index is -2.03. The van der Waals surface area contributed by atoms with E-state index in [0.717, 1.165) is 0 Å². The smallest absolute Gasteiger partial charge is 0.195 e. The molecule has 7 atom stereocenters. The lowest BCUT2D eigenvalue weighted by atomic mass is 9.53. The van der Waals surface area contributed by atoms with E-state index in [1.54, 1.807) is 20.8 Å². The first-order valence-corrected chi connectivity index (χ1v) is 13.7. The molecular weight excluding hydrogens is 543 g/mol. The molecule has 0 bridgehead atoms. The van der Waals surface area contributed by atoms with Crippen molar-refractivity contribution < 1.29 is 29.3 Å². The van der Waals surface area contributed by atoms with Crippen LogP contribution in [0.5, 0.6) is 0 Å². The Bertz CT molecular complexity index is 1150. The van der Waals surface area contributed by atoms with Gasteiger partial charge in [-0.05, 0) is 64.7 Å². The fourth-order valence-corrected chi connectivity index (χ4v) is 7.84. The first-order valence-electron chi connectivity index (χ1n) is 12.4. The van der Waals surface area contributed by atoms with E-state index >= 15 is 0 Å². The molecule has 1 heterocycles. The third-order valence-corrected chi connectivity index (χ3v) is 11.4. The number of fused-ring (bicyclic) bond motifs is 1. The van der Waals surface area contributed by atoms with Crippen LogP contribution >= 0.6 is 34.8 Å². The van der Waals surface area contributed by atoms with Crippen LogP contribution < -0.4 is 11.3 Å². The molecule has 37 heavy (non-hydrogen) atoms. The normalized spacial score (nSPS) is 43.6. The summed E-state index contributed by atoms with van der Waals surface area (Å²) in [6.07, 6.45) is 0.613. The highest BCUT2D eigenvalue weighted by Crippen LogP contribution is 2.61. The summed E-state index contributed by atoms with van der Waals surface area (Å²) in [7, 11) is 0. The van der Waals surface area contributed by atoms with Crippen molar-refractivity contribution in [3.05, 3.63) is 22.5 Å². The van der Waals surface area contributed by atoms with Crippen molar-refractivity contribution in [3.8, 4) is 0 Å². The number of aliphatic hydroxyl groups is 2. The van der Waals surface area contributed by atoms with Gasteiger partial charge >= 0.3 is 0 Å². The van der Waals surface area contributed by atoms with Gasteiger partial charge in [0.05, 0.1) is 22.2 Å². The fraction of sp³-hybridized carbons (Fsp3) is 0.731. The van der Waals surface area contributed by atoms with Gasteiger partial charge in [0, 0.05) is 16.5 Å². The van der Waals surface area contributed by atoms with E-state index in [0.29, 0.717) is 12.8 Å². The monoisotopic (exact) mass is 576 g/mol. The predicted molar refractivity (Wildman–Crippen MR) is 141 cm³/mol. The third-order valence-electron chi connectivity index (χ3n) is 9.29. The molecular formula is C26H35Cl3N2O6. The van der Waals surface area contributed by atoms with Crippen LogP contribution in [0.25, 0.3) is 0 Å². The van der Waals surface area contributed by atoms with Gasteiger partial charge in [0.25, 0.3) is 0 Å². The number of alkyl halides is 3. The number of nitrogens with one attached hydrogen (secondary N) is 1. The van der Waals surface area contributed by atoms with Gasteiger partial charge in [-0.25, -0.2) is 5.43 Å². The summed E-state index contributed by atoms with van der Waals surface area (Å²) in [6.45, 7) is 10.2. The van der Waals surface area contributed by atoms with E-state index in [2.05, 4.69) is 5.43 Å². The first kappa shape index (κ1) is 29.0. The first-order chi connectivity index (χ1) is 16.8. The Morgan fingerprint density at radius 2 is 1.68 bits per heavy atom. The lowest BCUT2D eigenvalue weighted by Gasteiger charge is -2.61. The van der Waals surface area contributed by atoms with Gasteiger partial charge in [-0.15, -0.1) is 34.8 Å². The van der Waals surface area contributed by atoms with Crippen molar-refractivity contribution in [2.24, 2.45) is 17.2 Å². The Labute approximate surface area is 231 Å². The van der Waals surface area contributed by atoms with E-state index in [9.17, 15) is 24.6 Å². The number of ether oxygens (including phenoxy) is 1. The van der Waals surface area contributed by atoms with Gasteiger partial charge in [0.1, 0.15) is 16.7 Å². The maximum Gasteiger partial charge on any atom is 0.195 e. The van der Waals surface area contributed by atoms with Crippen LogP contribution in [0.15, 0.2) is 22.5 Å². The maximum atomic E-state index is 14.6. The minimum Gasteiger partial charge on any atom is -0.507 e. The van der Waals surface area contributed by atoms with Crippen LogP contribution in [-0.2, 0) is 19.1 Å². The number of carbonyl (C=O) groups excluding carboxylic acids is 3. The molecule has 4 rings (SSSR count). The number of ketones is 3. The van der Waals surface area contributed by atoms with Crippen LogP contribution in [-0.4, -0.2) is 66.0 Å². The number of hydrogen-bond donors (Lipinski definition) is 4. The number of nitrogens with two attached hydrogens (primary N) is 1. The van der Waals surface area contributed by atoms with Crippen LogP contribution in [0.2, 0.25) is 0 Å². The van der Waals surface area contributed by atoms with Gasteiger partial charge < -0.3 is 14.9 Å². The number of Topliss-reactive ketones (excluding diaryl/α,β-unsaturated/α-hetero) is 3. The summed E-state index contributed by atoms with van der Waals surface area (Å²) >= 11 is 20.6. The van der Waals surface area contributed by atoms with Crippen LogP contribution in [0.1, 0.15) is 67.2 Å². The Kier molecular flexibility index (Phi) is 6.86. The predicted octanol–water partition coefficient (Wildman–Crippen LogP) is 3.39. The molecule has 3 aliphatic carbocycles. The minimum absolute atomic E-state index is 0.114. The van der Waals surface area contributed by atoms with Crippen molar-refractivity contribution in [1.29, 1.82) is 0 Å². The number of carbonyl (C=O) groups is 3. The summed E-state index contributed by atoms with van der Waals surface area (Å²) in [5.74, 6) is 2.29. The summed E-state index contributed by atoms with van der Waals surface area (Å²) in [5, 5.41) is 21.3. The molecule has 5 N–H and O–H groups in total. The summed E-state index contributed by atoms with van der Waals surface area (Å²) < 4.78 is 6.53. The summed E-state index contributed by atoms with van der Waals surface area (Å²) in [4.78, 5) is 39.9.